The van der Waals surface area contributed by atoms with Crippen molar-refractivity contribution in [1.29, 1.82) is 0 Å². The van der Waals surface area contributed by atoms with E-state index in [1.54, 1.807) is 0 Å². The van der Waals surface area contributed by atoms with E-state index in [-0.39, 0.29) is 5.41 Å². The summed E-state index contributed by atoms with van der Waals surface area (Å²) in [7, 11) is 0. The van der Waals surface area contributed by atoms with Crippen molar-refractivity contribution in [3.8, 4) is 44.8 Å². The third-order valence-electron chi connectivity index (χ3n) is 11.5. The quantitative estimate of drug-likeness (QED) is 0.171. The van der Waals surface area contributed by atoms with Crippen molar-refractivity contribution in [2.75, 3.05) is 4.90 Å². The van der Waals surface area contributed by atoms with Crippen LogP contribution in [0.2, 0.25) is 0 Å². The molecule has 4 heteroatoms. The standard InChI is InChI=1S/C52H36N2O2/c1-52(2)44-19-11-9-18-40(44)42-30-38(26-28-45(42)52)54(47-20-12-10-17-39(47)34-13-5-3-6-14-34)37-24-21-33(22-25-37)36-23-27-41-43-31-46-50(32-49(43)55-48(41)29-36)56-51(53-46)35-15-7-4-8-16-35/h3-32H,1-2H3. The maximum atomic E-state index is 6.45. The molecule has 56 heavy (non-hydrogen) atoms. The Hall–Kier alpha value is -7.17. The summed E-state index contributed by atoms with van der Waals surface area (Å²) in [6.45, 7) is 4.66. The van der Waals surface area contributed by atoms with Crippen LogP contribution in [-0.2, 0) is 5.41 Å². The molecule has 0 amide bonds. The molecular formula is C52H36N2O2. The minimum Gasteiger partial charge on any atom is -0.456 e. The predicted molar refractivity (Wildman–Crippen MR) is 230 cm³/mol. The van der Waals surface area contributed by atoms with E-state index in [1.807, 2.05) is 36.4 Å². The van der Waals surface area contributed by atoms with E-state index in [0.717, 1.165) is 61.2 Å². The fourth-order valence-corrected chi connectivity index (χ4v) is 8.69. The van der Waals surface area contributed by atoms with Gasteiger partial charge in [0.25, 0.3) is 0 Å². The lowest BCUT2D eigenvalue weighted by molar-refractivity contribution is 0.617. The number of furan rings is 1. The van der Waals surface area contributed by atoms with Crippen LogP contribution in [0.5, 0.6) is 0 Å². The zero-order valence-corrected chi connectivity index (χ0v) is 31.0. The molecule has 0 aliphatic heterocycles. The van der Waals surface area contributed by atoms with Crippen molar-refractivity contribution < 1.29 is 8.83 Å². The van der Waals surface area contributed by atoms with Crippen LogP contribution >= 0.6 is 0 Å². The highest BCUT2D eigenvalue weighted by molar-refractivity contribution is 6.09. The van der Waals surface area contributed by atoms with E-state index in [0.29, 0.717) is 11.5 Å². The number of hydrogen-bond acceptors (Lipinski definition) is 4. The molecule has 0 atom stereocenters. The molecular weight excluding hydrogens is 685 g/mol. The van der Waals surface area contributed by atoms with Gasteiger partial charge in [0.15, 0.2) is 5.58 Å². The van der Waals surface area contributed by atoms with E-state index in [1.165, 1.54) is 33.4 Å². The minimum absolute atomic E-state index is 0.0620. The van der Waals surface area contributed by atoms with Gasteiger partial charge >= 0.3 is 0 Å². The molecule has 0 N–H and O–H groups in total. The number of anilines is 3. The lowest BCUT2D eigenvalue weighted by Crippen LogP contribution is -2.15. The number of rotatable bonds is 6. The van der Waals surface area contributed by atoms with E-state index in [9.17, 15) is 0 Å². The van der Waals surface area contributed by atoms with Crippen molar-refractivity contribution in [1.82, 2.24) is 4.98 Å². The Labute approximate surface area is 324 Å². The highest BCUT2D eigenvalue weighted by Gasteiger charge is 2.35. The second kappa shape index (κ2) is 12.4. The Balaban J connectivity index is 0.995. The number of benzene rings is 8. The Morgan fingerprint density at radius 2 is 1.07 bits per heavy atom. The molecule has 1 aliphatic carbocycles. The average molecular weight is 721 g/mol. The van der Waals surface area contributed by atoms with Crippen LogP contribution in [0.25, 0.3) is 77.9 Å². The van der Waals surface area contributed by atoms with Gasteiger partial charge in [-0.2, -0.15) is 0 Å². The normalized spacial score (nSPS) is 13.0. The monoisotopic (exact) mass is 720 g/mol. The summed E-state index contributed by atoms with van der Waals surface area (Å²) >= 11 is 0. The predicted octanol–water partition coefficient (Wildman–Crippen LogP) is 14.5. The SMILES string of the molecule is CC1(C)c2ccccc2-c2cc(N(c3ccc(-c4ccc5c(c4)oc4cc6oc(-c7ccccc7)nc6cc45)cc3)c3ccccc3-c3ccccc3)ccc21. The zero-order chi connectivity index (χ0) is 37.4. The van der Waals surface area contributed by atoms with Gasteiger partial charge in [-0.25, -0.2) is 4.98 Å². The van der Waals surface area contributed by atoms with Crippen LogP contribution in [0.15, 0.2) is 191 Å². The number of hydrogen-bond donors (Lipinski definition) is 0. The second-order valence-electron chi connectivity index (χ2n) is 15.2. The molecule has 10 aromatic rings. The maximum Gasteiger partial charge on any atom is 0.227 e. The van der Waals surface area contributed by atoms with Gasteiger partial charge in [0, 0.05) is 44.8 Å². The van der Waals surface area contributed by atoms with E-state index >= 15 is 0 Å². The molecule has 0 fully saturated rings. The summed E-state index contributed by atoms with van der Waals surface area (Å²) < 4.78 is 12.6. The first kappa shape index (κ1) is 32.3. The van der Waals surface area contributed by atoms with Crippen LogP contribution in [0, 0.1) is 0 Å². The summed E-state index contributed by atoms with van der Waals surface area (Å²) in [5.74, 6) is 0.607. The van der Waals surface area contributed by atoms with Crippen LogP contribution in [-0.4, -0.2) is 4.98 Å². The molecule has 266 valence electrons. The summed E-state index contributed by atoms with van der Waals surface area (Å²) in [6.07, 6.45) is 0. The molecule has 0 unspecified atom stereocenters. The van der Waals surface area contributed by atoms with Gasteiger partial charge in [-0.1, -0.05) is 129 Å². The smallest absolute Gasteiger partial charge is 0.227 e. The van der Waals surface area contributed by atoms with Gasteiger partial charge in [-0.15, -0.1) is 0 Å². The number of para-hydroxylation sites is 1. The third kappa shape index (κ3) is 5.10. The number of fused-ring (bicyclic) bond motifs is 7. The molecule has 0 saturated carbocycles. The van der Waals surface area contributed by atoms with Crippen LogP contribution < -0.4 is 4.90 Å². The van der Waals surface area contributed by atoms with Gasteiger partial charge in [0.1, 0.15) is 16.7 Å². The van der Waals surface area contributed by atoms with Crippen LogP contribution in [0.1, 0.15) is 25.0 Å². The summed E-state index contributed by atoms with van der Waals surface area (Å²) in [6, 6.07) is 64.6. The molecule has 2 aromatic heterocycles. The average Bonchev–Trinajstić information content (AvgIpc) is 3.90. The van der Waals surface area contributed by atoms with Gasteiger partial charge in [0.05, 0.1) is 5.69 Å². The topological polar surface area (TPSA) is 42.4 Å². The first-order valence-corrected chi connectivity index (χ1v) is 19.1. The Kier molecular flexibility index (Phi) is 7.17. The number of aromatic nitrogens is 1. The molecule has 4 nitrogen and oxygen atoms in total. The summed E-state index contributed by atoms with van der Waals surface area (Å²) in [4.78, 5) is 7.19. The molecule has 2 heterocycles. The van der Waals surface area contributed by atoms with Crippen LogP contribution in [0.3, 0.4) is 0 Å². The van der Waals surface area contributed by atoms with Crippen LogP contribution in [0.4, 0.5) is 17.1 Å². The van der Waals surface area contributed by atoms with Crippen molar-refractivity contribution >= 4 is 50.1 Å². The highest BCUT2D eigenvalue weighted by Crippen LogP contribution is 2.51. The van der Waals surface area contributed by atoms with Gasteiger partial charge in [0.2, 0.25) is 5.89 Å². The third-order valence-corrected chi connectivity index (χ3v) is 11.5. The van der Waals surface area contributed by atoms with Crippen molar-refractivity contribution in [2.24, 2.45) is 0 Å². The summed E-state index contributed by atoms with van der Waals surface area (Å²) in [5, 5.41) is 2.08. The number of nitrogens with zero attached hydrogens (tertiary/aromatic N) is 2. The first-order chi connectivity index (χ1) is 27.5. The van der Waals surface area contributed by atoms with Crippen molar-refractivity contribution in [3.05, 3.63) is 193 Å². The Morgan fingerprint density at radius 3 is 1.88 bits per heavy atom. The fraction of sp³-hybridized carbons (Fsp3) is 0.0577. The van der Waals surface area contributed by atoms with Gasteiger partial charge in [-0.3, -0.25) is 0 Å². The molecule has 1 aliphatic rings. The zero-order valence-electron chi connectivity index (χ0n) is 31.0. The second-order valence-corrected chi connectivity index (χ2v) is 15.2. The largest absolute Gasteiger partial charge is 0.456 e. The maximum absolute atomic E-state index is 6.45. The van der Waals surface area contributed by atoms with Gasteiger partial charge < -0.3 is 13.7 Å². The van der Waals surface area contributed by atoms with E-state index < -0.39 is 0 Å². The molecule has 11 rings (SSSR count). The van der Waals surface area contributed by atoms with Gasteiger partial charge in [-0.05, 0) is 99.6 Å². The minimum atomic E-state index is -0.0620. The highest BCUT2D eigenvalue weighted by atomic mass is 16.4. The lowest BCUT2D eigenvalue weighted by Gasteiger charge is -2.29. The molecule has 0 radical (unpaired) electrons. The molecule has 8 aromatic carbocycles. The fourth-order valence-electron chi connectivity index (χ4n) is 8.69. The molecule has 0 spiro atoms. The lowest BCUT2D eigenvalue weighted by atomic mass is 9.82. The van der Waals surface area contributed by atoms with E-state index in [2.05, 4.69) is 164 Å². The van der Waals surface area contributed by atoms with Crippen molar-refractivity contribution in [2.45, 2.75) is 19.3 Å². The molecule has 0 saturated heterocycles. The summed E-state index contributed by atoms with van der Waals surface area (Å²) in [5.41, 5.74) is 17.2. The van der Waals surface area contributed by atoms with E-state index in [4.69, 9.17) is 13.8 Å². The Morgan fingerprint density at radius 1 is 0.429 bits per heavy atom. The number of oxazole rings is 1. The van der Waals surface area contributed by atoms with Crippen molar-refractivity contribution in [3.63, 3.8) is 0 Å². The first-order valence-electron chi connectivity index (χ1n) is 19.1. The Bertz CT molecular complexity index is 3100. The molecule has 0 bridgehead atoms.